The molecule has 0 saturated carbocycles. The molecule has 2 atom stereocenters. The van der Waals surface area contributed by atoms with Gasteiger partial charge in [-0.15, -0.1) is 11.8 Å². The van der Waals surface area contributed by atoms with E-state index in [-0.39, 0.29) is 12.3 Å². The molecule has 27 heavy (non-hydrogen) atoms. The number of nitrogens with one attached hydrogen (secondary N) is 1. The Balaban J connectivity index is 1.95. The van der Waals surface area contributed by atoms with E-state index in [9.17, 15) is 23.1 Å². The molecule has 2 rings (SSSR count). The molecule has 148 valence electrons. The highest BCUT2D eigenvalue weighted by Gasteiger charge is 2.56. The SMILES string of the molecule is Cc1ccc([C@@](O)(CCNC(=O)[C@H](C)Sc2ccc(Cl)cc2)C(F)(F)F)o1. The lowest BCUT2D eigenvalue weighted by Crippen LogP contribution is -2.45. The van der Waals surface area contributed by atoms with Crippen LogP contribution in [-0.2, 0) is 10.4 Å². The van der Waals surface area contributed by atoms with Crippen LogP contribution in [0.4, 0.5) is 13.2 Å². The van der Waals surface area contributed by atoms with Crippen LogP contribution in [0.25, 0.3) is 0 Å². The maximum Gasteiger partial charge on any atom is 0.424 e. The van der Waals surface area contributed by atoms with Gasteiger partial charge >= 0.3 is 6.18 Å². The van der Waals surface area contributed by atoms with Crippen molar-refractivity contribution in [3.63, 3.8) is 0 Å². The van der Waals surface area contributed by atoms with Crippen molar-refractivity contribution in [1.82, 2.24) is 5.32 Å². The van der Waals surface area contributed by atoms with Gasteiger partial charge in [0.1, 0.15) is 11.5 Å². The summed E-state index contributed by atoms with van der Waals surface area (Å²) in [6, 6.07) is 9.29. The molecular formula is C18H19ClF3NO3S. The molecule has 0 aliphatic carbocycles. The highest BCUT2D eigenvalue weighted by atomic mass is 35.5. The summed E-state index contributed by atoms with van der Waals surface area (Å²) in [5.74, 6) is -0.773. The first-order chi connectivity index (χ1) is 12.5. The van der Waals surface area contributed by atoms with Crippen LogP contribution in [0.5, 0.6) is 0 Å². The van der Waals surface area contributed by atoms with Gasteiger partial charge in [0.25, 0.3) is 0 Å². The van der Waals surface area contributed by atoms with E-state index >= 15 is 0 Å². The zero-order valence-electron chi connectivity index (χ0n) is 14.6. The van der Waals surface area contributed by atoms with Crippen LogP contribution in [0, 0.1) is 6.92 Å². The predicted molar refractivity (Wildman–Crippen MR) is 97.8 cm³/mol. The third kappa shape index (κ3) is 5.43. The smallest absolute Gasteiger partial charge is 0.424 e. The average molecular weight is 422 g/mol. The molecule has 0 aliphatic heterocycles. The van der Waals surface area contributed by atoms with Crippen LogP contribution < -0.4 is 5.32 Å². The molecular weight excluding hydrogens is 403 g/mol. The zero-order valence-corrected chi connectivity index (χ0v) is 16.2. The molecule has 0 radical (unpaired) electrons. The maximum absolute atomic E-state index is 13.4. The molecule has 0 fully saturated rings. The maximum atomic E-state index is 13.4. The number of hydrogen-bond donors (Lipinski definition) is 2. The first-order valence-electron chi connectivity index (χ1n) is 8.09. The van der Waals surface area contributed by atoms with Crippen molar-refractivity contribution in [3.8, 4) is 0 Å². The van der Waals surface area contributed by atoms with Crippen LogP contribution in [-0.4, -0.2) is 29.0 Å². The van der Waals surface area contributed by atoms with Gasteiger partial charge in [0.2, 0.25) is 11.5 Å². The van der Waals surface area contributed by atoms with E-state index in [1.165, 1.54) is 24.8 Å². The van der Waals surface area contributed by atoms with Gasteiger partial charge in [-0.05, 0) is 50.2 Å². The Morgan fingerprint density at radius 2 is 1.89 bits per heavy atom. The first kappa shape index (κ1) is 21.7. The van der Waals surface area contributed by atoms with Crippen molar-refractivity contribution in [2.75, 3.05) is 6.54 Å². The number of aryl methyl sites for hydroxylation is 1. The number of furan rings is 1. The number of halogens is 4. The van der Waals surface area contributed by atoms with E-state index in [1.54, 1.807) is 31.2 Å². The summed E-state index contributed by atoms with van der Waals surface area (Å²) in [7, 11) is 0. The van der Waals surface area contributed by atoms with E-state index in [1.807, 2.05) is 0 Å². The van der Waals surface area contributed by atoms with Crippen LogP contribution in [0.1, 0.15) is 24.9 Å². The molecule has 1 amide bonds. The monoisotopic (exact) mass is 421 g/mol. The highest BCUT2D eigenvalue weighted by molar-refractivity contribution is 8.00. The Morgan fingerprint density at radius 3 is 2.41 bits per heavy atom. The first-order valence-corrected chi connectivity index (χ1v) is 9.34. The molecule has 2 aromatic rings. The molecule has 9 heteroatoms. The molecule has 0 aliphatic rings. The third-order valence-corrected chi connectivity index (χ3v) is 5.26. The number of alkyl halides is 3. The molecule has 0 unspecified atom stereocenters. The second-order valence-electron chi connectivity index (χ2n) is 6.02. The number of thioether (sulfide) groups is 1. The number of carbonyl (C=O) groups excluding carboxylic acids is 1. The predicted octanol–water partition coefficient (Wildman–Crippen LogP) is 4.68. The molecule has 0 bridgehead atoms. The third-order valence-electron chi connectivity index (χ3n) is 3.90. The minimum absolute atomic E-state index is 0.254. The molecule has 0 spiro atoms. The van der Waals surface area contributed by atoms with Crippen molar-refractivity contribution in [1.29, 1.82) is 0 Å². The van der Waals surface area contributed by atoms with Crippen molar-refractivity contribution >= 4 is 29.3 Å². The Labute approximate surface area is 164 Å². The Morgan fingerprint density at radius 1 is 1.26 bits per heavy atom. The van der Waals surface area contributed by atoms with E-state index in [4.69, 9.17) is 16.0 Å². The van der Waals surface area contributed by atoms with Crippen LogP contribution >= 0.6 is 23.4 Å². The fourth-order valence-corrected chi connectivity index (χ4v) is 3.36. The van der Waals surface area contributed by atoms with Crippen molar-refractivity contribution < 1.29 is 27.5 Å². The quantitative estimate of drug-likeness (QED) is 0.637. The molecule has 0 saturated heterocycles. The summed E-state index contributed by atoms with van der Waals surface area (Å²) >= 11 is 7.05. The van der Waals surface area contributed by atoms with Gasteiger partial charge in [-0.2, -0.15) is 13.2 Å². The van der Waals surface area contributed by atoms with E-state index in [0.717, 1.165) is 11.0 Å². The Kier molecular flexibility index (Phi) is 6.88. The lowest BCUT2D eigenvalue weighted by Gasteiger charge is -2.28. The minimum atomic E-state index is -4.94. The second-order valence-corrected chi connectivity index (χ2v) is 7.87. The van der Waals surface area contributed by atoms with Crippen molar-refractivity contribution in [2.45, 2.75) is 42.2 Å². The Bertz CT molecular complexity index is 779. The van der Waals surface area contributed by atoms with E-state index in [0.29, 0.717) is 5.02 Å². The second kappa shape index (κ2) is 8.58. The van der Waals surface area contributed by atoms with Gasteiger partial charge in [-0.1, -0.05) is 11.6 Å². The molecule has 4 nitrogen and oxygen atoms in total. The minimum Gasteiger partial charge on any atom is -0.463 e. The van der Waals surface area contributed by atoms with Gasteiger partial charge in [0.05, 0.1) is 5.25 Å². The Hall–Kier alpha value is -1.64. The summed E-state index contributed by atoms with van der Waals surface area (Å²) in [5, 5.41) is 12.6. The van der Waals surface area contributed by atoms with Crippen LogP contribution in [0.3, 0.4) is 0 Å². The van der Waals surface area contributed by atoms with Gasteiger partial charge in [-0.3, -0.25) is 4.79 Å². The fourth-order valence-electron chi connectivity index (χ4n) is 2.34. The fraction of sp³-hybridized carbons (Fsp3) is 0.389. The number of amides is 1. The van der Waals surface area contributed by atoms with Gasteiger partial charge in [0, 0.05) is 22.9 Å². The van der Waals surface area contributed by atoms with Gasteiger partial charge in [0.15, 0.2) is 0 Å². The standard InChI is InChI=1S/C18H19ClF3NO3S/c1-11-3-8-15(26-11)17(25,18(20,21)22)9-10-23-16(24)12(2)27-14-6-4-13(19)5-7-14/h3-8,12,25H,9-10H2,1-2H3,(H,23,24)/t12-,17-/m0/s1. The van der Waals surface area contributed by atoms with E-state index < -0.39 is 35.1 Å². The number of benzene rings is 1. The summed E-state index contributed by atoms with van der Waals surface area (Å²) in [6.45, 7) is 2.76. The molecule has 1 aromatic carbocycles. The molecule has 1 aromatic heterocycles. The number of rotatable bonds is 7. The summed E-state index contributed by atoms with van der Waals surface area (Å²) in [6.07, 6.45) is -5.70. The highest BCUT2D eigenvalue weighted by Crippen LogP contribution is 2.42. The number of aliphatic hydroxyl groups is 1. The zero-order chi connectivity index (χ0) is 20.2. The number of carbonyl (C=O) groups is 1. The van der Waals surface area contributed by atoms with Crippen LogP contribution in [0.15, 0.2) is 45.7 Å². The van der Waals surface area contributed by atoms with Crippen molar-refractivity contribution in [2.24, 2.45) is 0 Å². The van der Waals surface area contributed by atoms with Crippen LogP contribution in [0.2, 0.25) is 5.02 Å². The number of hydrogen-bond acceptors (Lipinski definition) is 4. The van der Waals surface area contributed by atoms with Gasteiger partial charge in [-0.25, -0.2) is 0 Å². The summed E-state index contributed by atoms with van der Waals surface area (Å²) < 4.78 is 45.1. The molecule has 2 N–H and O–H groups in total. The van der Waals surface area contributed by atoms with Gasteiger partial charge < -0.3 is 14.8 Å². The largest absolute Gasteiger partial charge is 0.463 e. The van der Waals surface area contributed by atoms with E-state index in [2.05, 4.69) is 5.32 Å². The normalized spacial score (nSPS) is 15.2. The average Bonchev–Trinajstić information content (AvgIpc) is 3.02. The summed E-state index contributed by atoms with van der Waals surface area (Å²) in [5.41, 5.74) is -3.17. The molecule has 1 heterocycles. The summed E-state index contributed by atoms with van der Waals surface area (Å²) in [4.78, 5) is 13.0. The lowest BCUT2D eigenvalue weighted by molar-refractivity contribution is -0.274. The topological polar surface area (TPSA) is 62.5 Å². The lowest BCUT2D eigenvalue weighted by atomic mass is 9.95. The van der Waals surface area contributed by atoms with Crippen molar-refractivity contribution in [3.05, 3.63) is 52.9 Å².